The first-order valence-electron chi connectivity index (χ1n) is 5.86. The topological polar surface area (TPSA) is 128 Å². The van der Waals surface area contributed by atoms with Crippen LogP contribution in [0, 0.1) is 10.1 Å². The second-order valence-electron chi connectivity index (χ2n) is 4.19. The molecule has 112 valence electrons. The monoisotopic (exact) mass is 312 g/mol. The number of para-hydroxylation sites is 1. The molecule has 0 aliphatic heterocycles. The molecule has 1 N–H and O–H groups in total. The van der Waals surface area contributed by atoms with Crippen molar-refractivity contribution in [1.82, 2.24) is 10.1 Å². The Morgan fingerprint density at radius 3 is 2.76 bits per heavy atom. The molecule has 0 saturated carbocycles. The van der Waals surface area contributed by atoms with Crippen molar-refractivity contribution in [3.63, 3.8) is 0 Å². The van der Waals surface area contributed by atoms with Gasteiger partial charge in [0.25, 0.3) is 0 Å². The van der Waals surface area contributed by atoms with E-state index in [1.165, 1.54) is 24.5 Å². The molecule has 9 nitrogen and oxygen atoms in total. The minimum Gasteiger partial charge on any atom is -0.379 e. The molecule has 0 spiro atoms. The van der Waals surface area contributed by atoms with E-state index in [-0.39, 0.29) is 17.1 Å². The van der Waals surface area contributed by atoms with Gasteiger partial charge in [-0.3, -0.25) is 10.1 Å². The van der Waals surface area contributed by atoms with Gasteiger partial charge in [-0.1, -0.05) is 11.2 Å². The van der Waals surface area contributed by atoms with Gasteiger partial charge in [0.05, 0.1) is 4.92 Å². The molecule has 0 bridgehead atoms. The van der Waals surface area contributed by atoms with Crippen LogP contribution in [-0.2, 0) is 16.3 Å². The highest BCUT2D eigenvalue weighted by atomic mass is 32.2. The van der Waals surface area contributed by atoms with Gasteiger partial charge >= 0.3 is 5.69 Å². The molecule has 0 unspecified atom stereocenters. The van der Waals surface area contributed by atoms with Crippen LogP contribution in [0.3, 0.4) is 0 Å². The number of rotatable bonds is 6. The fourth-order valence-electron chi connectivity index (χ4n) is 1.76. The zero-order valence-electron chi connectivity index (χ0n) is 11.0. The third kappa shape index (κ3) is 3.54. The van der Waals surface area contributed by atoms with Crippen LogP contribution in [0.1, 0.15) is 5.89 Å². The third-order valence-electron chi connectivity index (χ3n) is 2.64. The first kappa shape index (κ1) is 14.9. The summed E-state index contributed by atoms with van der Waals surface area (Å²) in [6.07, 6.45) is 2.54. The first-order chi connectivity index (χ1) is 9.89. The predicted octanol–water partition coefficient (Wildman–Crippen LogP) is 1.04. The van der Waals surface area contributed by atoms with Crippen LogP contribution in [0.5, 0.6) is 0 Å². The smallest absolute Gasteiger partial charge is 0.310 e. The average Bonchev–Trinajstić information content (AvgIpc) is 2.90. The number of nitrogens with zero attached hydrogens (tertiary/aromatic N) is 3. The summed E-state index contributed by atoms with van der Waals surface area (Å²) in [4.78, 5) is 13.9. The molecular weight excluding hydrogens is 300 g/mol. The lowest BCUT2D eigenvalue weighted by Crippen LogP contribution is -2.10. The normalized spacial score (nSPS) is 11.3. The van der Waals surface area contributed by atoms with Gasteiger partial charge in [-0.2, -0.15) is 4.98 Å². The maximum atomic E-state index is 11.6. The summed E-state index contributed by atoms with van der Waals surface area (Å²) < 4.78 is 28.0. The Morgan fingerprint density at radius 1 is 1.43 bits per heavy atom. The number of nitro benzene ring substituents is 1. The van der Waals surface area contributed by atoms with Gasteiger partial charge in [0, 0.05) is 19.2 Å². The van der Waals surface area contributed by atoms with Gasteiger partial charge in [-0.25, -0.2) is 8.42 Å². The van der Waals surface area contributed by atoms with Crippen LogP contribution in [0.15, 0.2) is 33.9 Å². The predicted molar refractivity (Wildman–Crippen MR) is 72.7 cm³/mol. The standard InChI is InChI=1S/C11H12N4O5S/c1-21(18,19)9-4-2-3-8(11(9)15(16)17)12-6-5-10-13-7-14-20-10/h2-4,7,12H,5-6H2,1H3. The highest BCUT2D eigenvalue weighted by Crippen LogP contribution is 2.31. The number of sulfone groups is 1. The van der Waals surface area contributed by atoms with Crippen molar-refractivity contribution >= 4 is 21.2 Å². The molecule has 1 aromatic carbocycles. The summed E-state index contributed by atoms with van der Waals surface area (Å²) >= 11 is 0. The summed E-state index contributed by atoms with van der Waals surface area (Å²) in [7, 11) is -3.69. The Labute approximate surface area is 120 Å². The highest BCUT2D eigenvalue weighted by Gasteiger charge is 2.25. The summed E-state index contributed by atoms with van der Waals surface area (Å²) in [6, 6.07) is 4.09. The molecule has 0 saturated heterocycles. The van der Waals surface area contributed by atoms with Crippen LogP contribution < -0.4 is 5.32 Å². The van der Waals surface area contributed by atoms with E-state index in [4.69, 9.17) is 4.52 Å². The number of aromatic nitrogens is 2. The molecule has 0 radical (unpaired) electrons. The average molecular weight is 312 g/mol. The number of benzene rings is 1. The van der Waals surface area contributed by atoms with E-state index >= 15 is 0 Å². The van der Waals surface area contributed by atoms with E-state index in [0.29, 0.717) is 12.3 Å². The summed E-state index contributed by atoms with van der Waals surface area (Å²) in [5.41, 5.74) is -0.340. The van der Waals surface area contributed by atoms with Crippen LogP contribution in [-0.4, -0.2) is 36.3 Å². The first-order valence-corrected chi connectivity index (χ1v) is 7.75. The van der Waals surface area contributed by atoms with Gasteiger partial charge in [0.1, 0.15) is 10.6 Å². The maximum Gasteiger partial charge on any atom is 0.310 e. The van der Waals surface area contributed by atoms with Gasteiger partial charge in [0.15, 0.2) is 16.2 Å². The third-order valence-corrected chi connectivity index (χ3v) is 3.77. The van der Waals surface area contributed by atoms with E-state index in [1.807, 2.05) is 0 Å². The van der Waals surface area contributed by atoms with E-state index in [9.17, 15) is 18.5 Å². The number of nitrogens with one attached hydrogen (secondary N) is 1. The zero-order valence-corrected chi connectivity index (χ0v) is 11.8. The van der Waals surface area contributed by atoms with Crippen LogP contribution in [0.4, 0.5) is 11.4 Å². The molecule has 0 atom stereocenters. The molecule has 1 aromatic heterocycles. The van der Waals surface area contributed by atoms with Gasteiger partial charge in [0.2, 0.25) is 5.89 Å². The molecule has 21 heavy (non-hydrogen) atoms. The molecule has 0 fully saturated rings. The lowest BCUT2D eigenvalue weighted by atomic mass is 10.2. The molecule has 1 heterocycles. The van der Waals surface area contributed by atoms with Gasteiger partial charge < -0.3 is 9.84 Å². The number of hydrogen-bond acceptors (Lipinski definition) is 8. The van der Waals surface area contributed by atoms with Crippen molar-refractivity contribution in [3.05, 3.63) is 40.5 Å². The Bertz CT molecular complexity index is 742. The van der Waals surface area contributed by atoms with Gasteiger partial charge in [-0.15, -0.1) is 0 Å². The van der Waals surface area contributed by atoms with Crippen molar-refractivity contribution in [2.45, 2.75) is 11.3 Å². The van der Waals surface area contributed by atoms with Crippen LogP contribution >= 0.6 is 0 Å². The Kier molecular flexibility index (Phi) is 4.17. The lowest BCUT2D eigenvalue weighted by Gasteiger charge is -2.08. The molecular formula is C11H12N4O5S. The Morgan fingerprint density at radius 2 is 2.19 bits per heavy atom. The maximum absolute atomic E-state index is 11.6. The quantitative estimate of drug-likeness (QED) is 0.618. The SMILES string of the molecule is CS(=O)(=O)c1cccc(NCCc2ncno2)c1[N+](=O)[O-]. The highest BCUT2D eigenvalue weighted by molar-refractivity contribution is 7.90. The van der Waals surface area contributed by atoms with Crippen molar-refractivity contribution in [3.8, 4) is 0 Å². The number of anilines is 1. The minimum absolute atomic E-state index is 0.127. The molecule has 0 amide bonds. The lowest BCUT2D eigenvalue weighted by molar-refractivity contribution is -0.386. The molecule has 2 rings (SSSR count). The fraction of sp³-hybridized carbons (Fsp3) is 0.273. The van der Waals surface area contributed by atoms with E-state index in [0.717, 1.165) is 6.26 Å². The largest absolute Gasteiger partial charge is 0.379 e. The Hall–Kier alpha value is -2.49. The number of nitro groups is 1. The summed E-state index contributed by atoms with van der Waals surface area (Å²) in [6.45, 7) is 0.288. The minimum atomic E-state index is -3.69. The second-order valence-corrected chi connectivity index (χ2v) is 6.18. The van der Waals surface area contributed by atoms with Crippen LogP contribution in [0.25, 0.3) is 0 Å². The van der Waals surface area contributed by atoms with Gasteiger partial charge in [-0.05, 0) is 12.1 Å². The second kappa shape index (κ2) is 5.87. The van der Waals surface area contributed by atoms with E-state index < -0.39 is 20.4 Å². The number of hydrogen-bond donors (Lipinski definition) is 1. The van der Waals surface area contributed by atoms with Crippen molar-refractivity contribution in [2.24, 2.45) is 0 Å². The summed E-state index contributed by atoms with van der Waals surface area (Å²) in [5.74, 6) is 0.379. The van der Waals surface area contributed by atoms with Crippen molar-refractivity contribution in [2.75, 3.05) is 18.1 Å². The Balaban J connectivity index is 2.24. The molecule has 0 aliphatic rings. The van der Waals surface area contributed by atoms with Crippen LogP contribution in [0.2, 0.25) is 0 Å². The molecule has 10 heteroatoms. The van der Waals surface area contributed by atoms with Crippen molar-refractivity contribution < 1.29 is 17.9 Å². The van der Waals surface area contributed by atoms with E-state index in [1.54, 1.807) is 0 Å². The molecule has 2 aromatic rings. The molecule has 0 aliphatic carbocycles. The zero-order chi connectivity index (χ0) is 15.5. The van der Waals surface area contributed by atoms with Crippen molar-refractivity contribution in [1.29, 1.82) is 0 Å². The summed E-state index contributed by atoms with van der Waals surface area (Å²) in [5, 5.41) is 17.4. The van der Waals surface area contributed by atoms with E-state index in [2.05, 4.69) is 15.5 Å². The fourth-order valence-corrected chi connectivity index (χ4v) is 2.62.